The first-order chi connectivity index (χ1) is 50.0. The Hall–Kier alpha value is -1.94. The molecule has 0 fully saturated rings. The largest absolute Gasteiger partial charge is 0.472 e. The van der Waals surface area contributed by atoms with Gasteiger partial charge in [-0.25, -0.2) is 9.13 Å². The number of carbonyl (C=O) groups is 4. The summed E-state index contributed by atoms with van der Waals surface area (Å²) in [6.07, 6.45) is 69.3. The lowest BCUT2D eigenvalue weighted by Gasteiger charge is -2.21. The van der Waals surface area contributed by atoms with Gasteiger partial charge in [0.1, 0.15) is 19.3 Å². The maximum absolute atomic E-state index is 13.1. The zero-order chi connectivity index (χ0) is 75.5. The van der Waals surface area contributed by atoms with Crippen LogP contribution in [0.2, 0.25) is 0 Å². The molecule has 0 radical (unpaired) electrons. The molecule has 5 atom stereocenters. The van der Waals surface area contributed by atoms with Crippen LogP contribution in [0.25, 0.3) is 0 Å². The predicted octanol–water partition coefficient (Wildman–Crippen LogP) is 25.6. The minimum atomic E-state index is -4.96. The monoisotopic (exact) mass is 1510 g/mol. The van der Waals surface area contributed by atoms with E-state index >= 15 is 0 Å². The number of hydrogen-bond acceptors (Lipinski definition) is 15. The summed E-state index contributed by atoms with van der Waals surface area (Å²) < 4.78 is 68.8. The molecule has 2 unspecified atom stereocenters. The first kappa shape index (κ1) is 101. The highest BCUT2D eigenvalue weighted by molar-refractivity contribution is 7.47. The fraction of sp³-hybridized carbons (Fsp3) is 0.952. The van der Waals surface area contributed by atoms with Crippen molar-refractivity contribution in [2.45, 2.75) is 470 Å². The van der Waals surface area contributed by atoms with Crippen molar-refractivity contribution in [3.63, 3.8) is 0 Å². The Morgan fingerprint density at radius 3 is 0.660 bits per heavy atom. The second-order valence-corrected chi connectivity index (χ2v) is 33.6. The molecule has 0 rings (SSSR count). The van der Waals surface area contributed by atoms with E-state index in [1.54, 1.807) is 0 Å². The summed E-state index contributed by atoms with van der Waals surface area (Å²) in [5.74, 6) is -1.28. The van der Waals surface area contributed by atoms with Gasteiger partial charge < -0.3 is 33.8 Å². The molecule has 612 valence electrons. The zero-order valence-electron chi connectivity index (χ0n) is 67.5. The average Bonchev–Trinajstić information content (AvgIpc) is 1.00. The van der Waals surface area contributed by atoms with Gasteiger partial charge in [-0.2, -0.15) is 0 Å². The minimum Gasteiger partial charge on any atom is -0.462 e. The van der Waals surface area contributed by atoms with Gasteiger partial charge in [0.15, 0.2) is 12.2 Å². The molecule has 0 saturated heterocycles. The van der Waals surface area contributed by atoms with Gasteiger partial charge in [0.25, 0.3) is 0 Å². The van der Waals surface area contributed by atoms with E-state index in [1.165, 1.54) is 276 Å². The molecule has 17 nitrogen and oxygen atoms in total. The maximum atomic E-state index is 13.1. The quantitative estimate of drug-likeness (QED) is 0.0222. The summed E-state index contributed by atoms with van der Waals surface area (Å²) in [7, 11) is -9.92. The van der Waals surface area contributed by atoms with Gasteiger partial charge >= 0.3 is 39.5 Å². The molecule has 0 aliphatic rings. The predicted molar refractivity (Wildman–Crippen MR) is 423 cm³/mol. The zero-order valence-corrected chi connectivity index (χ0v) is 69.3. The molecule has 0 bridgehead atoms. The summed E-state index contributed by atoms with van der Waals surface area (Å²) in [6.45, 7) is 7.39. The highest BCUT2D eigenvalue weighted by Gasteiger charge is 2.30. The number of aliphatic hydroxyl groups is 1. The average molecular weight is 1510 g/mol. The number of rotatable bonds is 84. The molecular weight excluding hydrogens is 1340 g/mol. The molecule has 0 heterocycles. The first-order valence-corrected chi connectivity index (χ1v) is 46.6. The van der Waals surface area contributed by atoms with Crippen LogP contribution >= 0.6 is 15.6 Å². The summed E-state index contributed by atoms with van der Waals surface area (Å²) >= 11 is 0. The lowest BCUT2D eigenvalue weighted by molar-refractivity contribution is -0.161. The second kappa shape index (κ2) is 76.8. The third-order valence-corrected chi connectivity index (χ3v) is 21.7. The van der Waals surface area contributed by atoms with Crippen LogP contribution in [0.4, 0.5) is 0 Å². The Labute approximate surface area is 632 Å². The van der Waals surface area contributed by atoms with Crippen molar-refractivity contribution in [1.29, 1.82) is 0 Å². The lowest BCUT2D eigenvalue weighted by Crippen LogP contribution is -2.30. The third-order valence-electron chi connectivity index (χ3n) is 19.8. The fourth-order valence-electron chi connectivity index (χ4n) is 13.1. The molecule has 0 saturated carbocycles. The fourth-order valence-corrected chi connectivity index (χ4v) is 14.7. The van der Waals surface area contributed by atoms with E-state index in [-0.39, 0.29) is 25.7 Å². The van der Waals surface area contributed by atoms with Gasteiger partial charge in [0.2, 0.25) is 0 Å². The van der Waals surface area contributed by atoms with E-state index in [2.05, 4.69) is 34.6 Å². The first-order valence-electron chi connectivity index (χ1n) is 43.6. The van der Waals surface area contributed by atoms with E-state index in [1.807, 2.05) is 0 Å². The van der Waals surface area contributed by atoms with Crippen molar-refractivity contribution in [2.24, 2.45) is 5.92 Å². The van der Waals surface area contributed by atoms with Crippen molar-refractivity contribution < 1.29 is 80.2 Å². The molecule has 0 amide bonds. The van der Waals surface area contributed by atoms with Crippen LogP contribution < -0.4 is 0 Å². The molecule has 0 spiro atoms. The number of unbranched alkanes of at least 4 members (excludes halogenated alkanes) is 56. The van der Waals surface area contributed by atoms with E-state index in [9.17, 15) is 43.2 Å². The maximum Gasteiger partial charge on any atom is 0.472 e. The normalized spacial score (nSPS) is 13.8. The van der Waals surface area contributed by atoms with Crippen LogP contribution in [0.3, 0.4) is 0 Å². The number of ether oxygens (including phenoxy) is 4. The Morgan fingerprint density at radius 1 is 0.262 bits per heavy atom. The molecule has 0 aliphatic carbocycles. The summed E-state index contributed by atoms with van der Waals surface area (Å²) in [5.41, 5.74) is 0. The van der Waals surface area contributed by atoms with Gasteiger partial charge in [-0.1, -0.05) is 401 Å². The Balaban J connectivity index is 5.22. The van der Waals surface area contributed by atoms with Gasteiger partial charge in [-0.3, -0.25) is 37.3 Å². The molecule has 19 heteroatoms. The van der Waals surface area contributed by atoms with Crippen LogP contribution in [0.1, 0.15) is 452 Å². The van der Waals surface area contributed by atoms with Crippen molar-refractivity contribution in [2.75, 3.05) is 39.6 Å². The number of aliphatic hydroxyl groups excluding tert-OH is 1. The SMILES string of the molecule is CCCCCCCCCCCCCCCCCCC(=O)OC[C@H](COP(=O)(O)OC[C@@H](O)COP(=O)(O)OC[C@@H](COC(=O)CCCCCCCCCCCC)OC(=O)CCCCCCCCCCCCCCCCCC)OC(=O)CCCCCCCCCCCCCCCCCCCCC(C)C. The van der Waals surface area contributed by atoms with E-state index in [0.717, 1.165) is 95.8 Å². The molecule has 3 N–H and O–H groups in total. The second-order valence-electron chi connectivity index (χ2n) is 30.7. The lowest BCUT2D eigenvalue weighted by atomic mass is 10.0. The topological polar surface area (TPSA) is 237 Å². The van der Waals surface area contributed by atoms with E-state index < -0.39 is 97.5 Å². The number of phosphoric acid groups is 2. The minimum absolute atomic E-state index is 0.109. The number of esters is 4. The Morgan fingerprint density at radius 2 is 0.447 bits per heavy atom. The van der Waals surface area contributed by atoms with Crippen molar-refractivity contribution in [3.8, 4) is 0 Å². The molecule has 0 aliphatic heterocycles. The standard InChI is InChI=1S/C84H164O17P2/c1-6-9-12-15-18-21-24-26-28-35-39-43-48-53-58-63-68-82(87)95-74-80(101-84(89)70-65-60-55-50-45-41-37-33-31-30-32-34-38-42-46-51-56-61-66-77(4)5)76-99-103(92,93)97-72-78(85)71-96-102(90,91)98-75-79(73-94-81(86)67-62-57-52-47-23-20-17-14-11-8-3)100-83(88)69-64-59-54-49-44-40-36-29-27-25-22-19-16-13-10-7-2/h77-80,85H,6-76H2,1-5H3,(H,90,91)(H,92,93)/t78-,79+,80+/m0/s1. The van der Waals surface area contributed by atoms with Gasteiger partial charge in [0.05, 0.1) is 26.4 Å². The van der Waals surface area contributed by atoms with Crippen LogP contribution in [0, 0.1) is 5.92 Å². The van der Waals surface area contributed by atoms with E-state index in [4.69, 9.17) is 37.0 Å². The Bertz CT molecular complexity index is 1960. The number of phosphoric ester groups is 2. The van der Waals surface area contributed by atoms with Gasteiger partial charge in [0, 0.05) is 25.7 Å². The smallest absolute Gasteiger partial charge is 0.462 e. The van der Waals surface area contributed by atoms with Crippen LogP contribution in [0.15, 0.2) is 0 Å². The van der Waals surface area contributed by atoms with Crippen LogP contribution in [0.5, 0.6) is 0 Å². The van der Waals surface area contributed by atoms with Gasteiger partial charge in [-0.15, -0.1) is 0 Å². The Kier molecular flexibility index (Phi) is 75.4. The summed E-state index contributed by atoms with van der Waals surface area (Å²) in [6, 6.07) is 0. The van der Waals surface area contributed by atoms with Crippen LogP contribution in [-0.4, -0.2) is 96.7 Å². The highest BCUT2D eigenvalue weighted by Crippen LogP contribution is 2.45. The van der Waals surface area contributed by atoms with Crippen molar-refractivity contribution in [3.05, 3.63) is 0 Å². The van der Waals surface area contributed by atoms with Crippen LogP contribution in [-0.2, 0) is 65.4 Å². The number of hydrogen-bond donors (Lipinski definition) is 3. The molecule has 0 aromatic carbocycles. The van der Waals surface area contributed by atoms with Crippen molar-refractivity contribution >= 4 is 39.5 Å². The molecular formula is C84H164O17P2. The number of carbonyl (C=O) groups excluding carboxylic acids is 4. The van der Waals surface area contributed by atoms with E-state index in [0.29, 0.717) is 25.7 Å². The summed E-state index contributed by atoms with van der Waals surface area (Å²) in [5, 5.41) is 10.7. The van der Waals surface area contributed by atoms with Gasteiger partial charge in [-0.05, 0) is 31.6 Å². The van der Waals surface area contributed by atoms with Crippen molar-refractivity contribution in [1.82, 2.24) is 0 Å². The molecule has 0 aromatic heterocycles. The molecule has 0 aromatic rings. The summed E-state index contributed by atoms with van der Waals surface area (Å²) in [4.78, 5) is 73.1. The third kappa shape index (κ3) is 78.0. The highest BCUT2D eigenvalue weighted by atomic mass is 31.2. The molecule has 103 heavy (non-hydrogen) atoms.